The van der Waals surface area contributed by atoms with Crippen LogP contribution < -0.4 is 0 Å². The van der Waals surface area contributed by atoms with Crippen molar-refractivity contribution in [1.82, 2.24) is 4.90 Å². The maximum absolute atomic E-state index is 14.7. The number of aryl methyl sites for hydroxylation is 1. The zero-order valence-corrected chi connectivity index (χ0v) is 20.0. The topological polar surface area (TPSA) is 16.8 Å². The molecule has 2 aromatic carbocycles. The first kappa shape index (κ1) is 20.7. The second kappa shape index (κ2) is 8.73. The van der Waals surface area contributed by atoms with Crippen LogP contribution in [0.15, 0.2) is 24.2 Å². The summed E-state index contributed by atoms with van der Waals surface area (Å²) in [5.74, 6) is -0.440. The number of ether oxygens (including phenoxy) is 1. The SMILES string of the molecule is [2H]c1c([2H])c([C@]2(CC(C)CN(C)C(C)C)OC(C)c3cc([N+]#[C-])c(C)cc32)c(C)c(C)c1F. The zero-order valence-electron chi connectivity index (χ0n) is 22.0. The van der Waals surface area contributed by atoms with Gasteiger partial charge in [-0.05, 0) is 100 Å². The fourth-order valence-corrected chi connectivity index (χ4v) is 4.72. The lowest BCUT2D eigenvalue weighted by Gasteiger charge is -2.37. The summed E-state index contributed by atoms with van der Waals surface area (Å²) in [6, 6.07) is 3.78. The van der Waals surface area contributed by atoms with Crippen LogP contribution in [0.5, 0.6) is 0 Å². The van der Waals surface area contributed by atoms with Crippen molar-refractivity contribution in [2.45, 2.75) is 72.6 Å². The minimum atomic E-state index is -0.979. The van der Waals surface area contributed by atoms with Crippen LogP contribution in [0.3, 0.4) is 0 Å². The summed E-state index contributed by atoms with van der Waals surface area (Å²) in [5, 5.41) is 0. The molecule has 3 nitrogen and oxygen atoms in total. The van der Waals surface area contributed by atoms with Gasteiger partial charge >= 0.3 is 0 Å². The molecule has 3 atom stereocenters. The van der Waals surface area contributed by atoms with Gasteiger partial charge < -0.3 is 9.64 Å². The fraction of sp³-hybridized carbons (Fsp3) is 0.519. The predicted octanol–water partition coefficient (Wildman–Crippen LogP) is 7.00. The standard InChI is InChI=1S/C27H35FN2O/c1-16(2)30(9)15-17(3)14-27(23-10-11-25(28)20(6)19(23)5)24-12-18(4)26(29-8)13-22(24)21(7)31-27/h10-13,16-17,21H,14-15H2,1-7,9H3/t17?,21?,27-/m0/s1/i10D,11D. The molecular formula is C27H35FN2O. The predicted molar refractivity (Wildman–Crippen MR) is 125 cm³/mol. The van der Waals surface area contributed by atoms with Gasteiger partial charge in [0.15, 0.2) is 5.69 Å². The lowest BCUT2D eigenvalue weighted by molar-refractivity contribution is -0.0567. The molecule has 4 heteroatoms. The Bertz CT molecular complexity index is 1100. The molecule has 0 bridgehead atoms. The number of hydrogen-bond acceptors (Lipinski definition) is 2. The molecule has 3 rings (SSSR count). The fourth-order valence-electron chi connectivity index (χ4n) is 4.72. The molecule has 1 aliphatic heterocycles. The van der Waals surface area contributed by atoms with Gasteiger partial charge in [0.05, 0.1) is 15.4 Å². The first-order chi connectivity index (χ1) is 15.3. The normalized spacial score (nSPS) is 22.3. The monoisotopic (exact) mass is 424 g/mol. The highest BCUT2D eigenvalue weighted by Gasteiger charge is 2.47. The highest BCUT2D eigenvalue weighted by Crippen LogP contribution is 2.53. The van der Waals surface area contributed by atoms with Crippen molar-refractivity contribution >= 4 is 5.69 Å². The Hall–Kier alpha value is -2.22. The van der Waals surface area contributed by atoms with Gasteiger partial charge in [0.25, 0.3) is 0 Å². The third-order valence-electron chi connectivity index (χ3n) is 6.82. The van der Waals surface area contributed by atoms with Crippen LogP contribution >= 0.6 is 0 Å². The highest BCUT2D eigenvalue weighted by molar-refractivity contribution is 5.61. The Kier molecular flexibility index (Phi) is 5.82. The molecule has 1 heterocycles. The Morgan fingerprint density at radius 2 is 1.87 bits per heavy atom. The summed E-state index contributed by atoms with van der Waals surface area (Å²) in [7, 11) is 2.09. The Morgan fingerprint density at radius 3 is 2.48 bits per heavy atom. The number of halogens is 1. The second-order valence-electron chi connectivity index (χ2n) is 9.46. The number of rotatable bonds is 6. The summed E-state index contributed by atoms with van der Waals surface area (Å²) < 4.78 is 38.5. The molecule has 0 saturated carbocycles. The van der Waals surface area contributed by atoms with Crippen LogP contribution in [0.4, 0.5) is 10.1 Å². The maximum atomic E-state index is 14.7. The molecule has 166 valence electrons. The largest absolute Gasteiger partial charge is 0.358 e. The first-order valence-electron chi connectivity index (χ1n) is 12.0. The van der Waals surface area contributed by atoms with Crippen LogP contribution in [0.2, 0.25) is 0 Å². The average molecular weight is 425 g/mol. The minimum absolute atomic E-state index is 0.119. The zero-order chi connectivity index (χ0) is 24.8. The van der Waals surface area contributed by atoms with Gasteiger partial charge in [-0.1, -0.05) is 25.1 Å². The maximum Gasteiger partial charge on any atom is 0.190 e. The van der Waals surface area contributed by atoms with E-state index in [1.54, 1.807) is 6.92 Å². The molecular weight excluding hydrogens is 387 g/mol. The van der Waals surface area contributed by atoms with E-state index in [0.29, 0.717) is 34.8 Å². The highest BCUT2D eigenvalue weighted by atomic mass is 19.1. The van der Waals surface area contributed by atoms with Crippen LogP contribution in [0.25, 0.3) is 4.85 Å². The van der Waals surface area contributed by atoms with Gasteiger partial charge in [-0.25, -0.2) is 9.24 Å². The van der Waals surface area contributed by atoms with Crippen LogP contribution in [-0.2, 0) is 10.3 Å². The number of fused-ring (bicyclic) bond motifs is 1. The molecule has 0 amide bonds. The molecule has 0 aromatic heterocycles. The molecule has 2 aromatic rings. The van der Waals surface area contributed by atoms with Gasteiger partial charge in [-0.15, -0.1) is 0 Å². The van der Waals surface area contributed by atoms with Crippen molar-refractivity contribution in [1.29, 1.82) is 0 Å². The van der Waals surface area contributed by atoms with E-state index >= 15 is 0 Å². The summed E-state index contributed by atoms with van der Waals surface area (Å²) in [6.45, 7) is 22.2. The van der Waals surface area contributed by atoms with Gasteiger partial charge in [0, 0.05) is 12.6 Å². The smallest absolute Gasteiger partial charge is 0.190 e. The molecule has 2 unspecified atom stereocenters. The molecule has 0 radical (unpaired) electrons. The third kappa shape index (κ3) is 4.14. The van der Waals surface area contributed by atoms with Crippen molar-refractivity contribution < 1.29 is 11.9 Å². The lowest BCUT2D eigenvalue weighted by Crippen LogP contribution is -2.36. The van der Waals surface area contributed by atoms with E-state index in [-0.39, 0.29) is 18.1 Å². The minimum Gasteiger partial charge on any atom is -0.358 e. The summed E-state index contributed by atoms with van der Waals surface area (Å²) in [4.78, 5) is 5.95. The molecule has 0 saturated heterocycles. The van der Waals surface area contributed by atoms with E-state index in [4.69, 9.17) is 14.1 Å². The van der Waals surface area contributed by atoms with E-state index in [1.807, 2.05) is 32.9 Å². The van der Waals surface area contributed by atoms with E-state index in [9.17, 15) is 4.39 Å². The van der Waals surface area contributed by atoms with Crippen LogP contribution in [0.1, 0.15) is 76.3 Å². The van der Waals surface area contributed by atoms with Gasteiger partial charge in [0.1, 0.15) is 11.4 Å². The molecule has 1 aliphatic rings. The quantitative estimate of drug-likeness (QED) is 0.464. The van der Waals surface area contributed by atoms with E-state index in [1.165, 1.54) is 0 Å². The molecule has 0 N–H and O–H groups in total. The van der Waals surface area contributed by atoms with Crippen molar-refractivity contribution in [3.8, 4) is 0 Å². The van der Waals surface area contributed by atoms with E-state index < -0.39 is 17.5 Å². The van der Waals surface area contributed by atoms with Gasteiger partial charge in [-0.2, -0.15) is 0 Å². The molecule has 31 heavy (non-hydrogen) atoms. The molecule has 0 fully saturated rings. The summed E-state index contributed by atoms with van der Waals surface area (Å²) >= 11 is 0. The van der Waals surface area contributed by atoms with Gasteiger partial charge in [0.2, 0.25) is 0 Å². The van der Waals surface area contributed by atoms with E-state index in [0.717, 1.165) is 23.2 Å². The molecule has 0 spiro atoms. The van der Waals surface area contributed by atoms with Crippen molar-refractivity contribution in [3.63, 3.8) is 0 Å². The number of benzene rings is 2. The van der Waals surface area contributed by atoms with Crippen molar-refractivity contribution in [2.75, 3.05) is 13.6 Å². The number of nitrogens with zero attached hydrogens (tertiary/aromatic N) is 2. The Labute approximate surface area is 189 Å². The second-order valence-corrected chi connectivity index (χ2v) is 9.46. The first-order valence-corrected chi connectivity index (χ1v) is 11.0. The lowest BCUT2D eigenvalue weighted by atomic mass is 9.76. The van der Waals surface area contributed by atoms with Crippen LogP contribution in [0, 0.1) is 39.1 Å². The summed E-state index contributed by atoms with van der Waals surface area (Å²) in [6.07, 6.45) is 0.310. The third-order valence-corrected chi connectivity index (χ3v) is 6.82. The van der Waals surface area contributed by atoms with E-state index in [2.05, 4.69) is 37.6 Å². The number of hydrogen-bond donors (Lipinski definition) is 0. The Morgan fingerprint density at radius 1 is 1.19 bits per heavy atom. The van der Waals surface area contributed by atoms with Crippen LogP contribution in [-0.4, -0.2) is 24.5 Å². The van der Waals surface area contributed by atoms with Crippen molar-refractivity contribution in [3.05, 3.63) is 74.8 Å². The molecule has 0 aliphatic carbocycles. The Balaban J connectivity index is 2.31. The summed E-state index contributed by atoms with van der Waals surface area (Å²) in [5.41, 5.74) is 3.95. The average Bonchev–Trinajstić information content (AvgIpc) is 3.00. The van der Waals surface area contributed by atoms with Crippen molar-refractivity contribution in [2.24, 2.45) is 5.92 Å². The van der Waals surface area contributed by atoms with Gasteiger partial charge in [-0.3, -0.25) is 0 Å².